The molecule has 0 aliphatic carbocycles. The van der Waals surface area contributed by atoms with Crippen molar-refractivity contribution < 1.29 is 4.39 Å². The normalized spacial score (nSPS) is 12.3. The second-order valence-corrected chi connectivity index (χ2v) is 4.65. The van der Waals surface area contributed by atoms with E-state index in [0.717, 1.165) is 16.7 Å². The van der Waals surface area contributed by atoms with Gasteiger partial charge in [0, 0.05) is 23.6 Å². The van der Waals surface area contributed by atoms with Crippen LogP contribution in [0.15, 0.2) is 54.9 Å². The predicted octanol–water partition coefficient (Wildman–Crippen LogP) is 3.94. The monoisotopic (exact) mass is 267 g/mol. The molecule has 3 nitrogen and oxygen atoms in total. The van der Waals surface area contributed by atoms with E-state index in [1.807, 2.05) is 31.2 Å². The van der Waals surface area contributed by atoms with Crippen LogP contribution in [-0.4, -0.2) is 9.97 Å². The summed E-state index contributed by atoms with van der Waals surface area (Å²) in [4.78, 5) is 8.49. The largest absolute Gasteiger partial charge is 0.378 e. The van der Waals surface area contributed by atoms with Gasteiger partial charge in [-0.25, -0.2) is 4.39 Å². The van der Waals surface area contributed by atoms with Gasteiger partial charge in [-0.2, -0.15) is 0 Å². The van der Waals surface area contributed by atoms with E-state index in [2.05, 4.69) is 15.3 Å². The van der Waals surface area contributed by atoms with Crippen LogP contribution in [0.1, 0.15) is 18.5 Å². The first kappa shape index (κ1) is 12.5. The fraction of sp³-hybridized carbons (Fsp3) is 0.125. The lowest BCUT2D eigenvalue weighted by atomic mass is 10.1. The van der Waals surface area contributed by atoms with Gasteiger partial charge in [-0.15, -0.1) is 0 Å². The summed E-state index contributed by atoms with van der Waals surface area (Å²) in [6, 6.07) is 12.4. The third-order valence-corrected chi connectivity index (χ3v) is 3.22. The zero-order chi connectivity index (χ0) is 13.9. The van der Waals surface area contributed by atoms with E-state index in [1.54, 1.807) is 24.5 Å². The van der Waals surface area contributed by atoms with Crippen LogP contribution in [-0.2, 0) is 0 Å². The molecule has 3 aromatic rings. The second kappa shape index (κ2) is 5.25. The number of halogens is 1. The average Bonchev–Trinajstić information content (AvgIpc) is 2.47. The standard InChI is InChI=1S/C16H14FN3/c1-11(13-4-2-3-5-14(13)17)20-12-6-7-15-16(10-12)19-9-8-18-15/h2-11,20H,1H3. The Morgan fingerprint density at radius 1 is 1.00 bits per heavy atom. The van der Waals surface area contributed by atoms with Gasteiger partial charge in [0.15, 0.2) is 0 Å². The predicted molar refractivity (Wildman–Crippen MR) is 78.0 cm³/mol. The van der Waals surface area contributed by atoms with Crippen molar-refractivity contribution in [1.82, 2.24) is 9.97 Å². The number of hydrogen-bond acceptors (Lipinski definition) is 3. The molecule has 20 heavy (non-hydrogen) atoms. The first-order chi connectivity index (χ1) is 9.74. The van der Waals surface area contributed by atoms with Crippen molar-refractivity contribution >= 4 is 16.7 Å². The Bertz CT molecular complexity index is 742. The van der Waals surface area contributed by atoms with Gasteiger partial charge in [-0.05, 0) is 31.2 Å². The molecule has 100 valence electrons. The number of benzene rings is 2. The number of nitrogens with one attached hydrogen (secondary N) is 1. The molecule has 0 aliphatic rings. The SMILES string of the molecule is CC(Nc1ccc2nccnc2c1)c1ccccc1F. The summed E-state index contributed by atoms with van der Waals surface area (Å²) in [7, 11) is 0. The maximum atomic E-state index is 13.7. The second-order valence-electron chi connectivity index (χ2n) is 4.65. The molecular weight excluding hydrogens is 253 g/mol. The van der Waals surface area contributed by atoms with Crippen molar-refractivity contribution in [3.63, 3.8) is 0 Å². The van der Waals surface area contributed by atoms with Crippen molar-refractivity contribution in [2.45, 2.75) is 13.0 Å². The molecule has 0 aliphatic heterocycles. The van der Waals surface area contributed by atoms with Crippen LogP contribution in [0.2, 0.25) is 0 Å². The fourth-order valence-corrected chi connectivity index (χ4v) is 2.21. The van der Waals surface area contributed by atoms with E-state index in [1.165, 1.54) is 6.07 Å². The minimum absolute atomic E-state index is 0.120. The third kappa shape index (κ3) is 2.45. The molecule has 1 heterocycles. The van der Waals surface area contributed by atoms with Crippen molar-refractivity contribution in [2.75, 3.05) is 5.32 Å². The van der Waals surface area contributed by atoms with E-state index in [-0.39, 0.29) is 11.9 Å². The number of aromatic nitrogens is 2. The minimum Gasteiger partial charge on any atom is -0.378 e. The van der Waals surface area contributed by atoms with Gasteiger partial charge in [0.1, 0.15) is 5.82 Å². The highest BCUT2D eigenvalue weighted by molar-refractivity contribution is 5.78. The molecule has 2 aromatic carbocycles. The van der Waals surface area contributed by atoms with Crippen LogP contribution in [0.3, 0.4) is 0 Å². The van der Waals surface area contributed by atoms with Crippen LogP contribution in [0, 0.1) is 5.82 Å². The highest BCUT2D eigenvalue weighted by Crippen LogP contribution is 2.23. The Morgan fingerprint density at radius 3 is 2.55 bits per heavy atom. The molecule has 0 bridgehead atoms. The molecule has 1 N–H and O–H groups in total. The Labute approximate surface area is 116 Å². The Kier molecular flexibility index (Phi) is 3.29. The van der Waals surface area contributed by atoms with Crippen molar-refractivity contribution in [3.05, 3.63) is 66.2 Å². The molecule has 0 amide bonds. The third-order valence-electron chi connectivity index (χ3n) is 3.22. The maximum Gasteiger partial charge on any atom is 0.128 e. The number of fused-ring (bicyclic) bond motifs is 1. The fourth-order valence-electron chi connectivity index (χ4n) is 2.21. The molecule has 0 fully saturated rings. The summed E-state index contributed by atoms with van der Waals surface area (Å²) in [5, 5.41) is 3.28. The molecule has 0 saturated heterocycles. The summed E-state index contributed by atoms with van der Waals surface area (Å²) in [6.45, 7) is 1.93. The Hall–Kier alpha value is -2.49. The molecule has 1 unspecified atom stereocenters. The first-order valence-electron chi connectivity index (χ1n) is 6.46. The van der Waals surface area contributed by atoms with E-state index in [4.69, 9.17) is 0 Å². The quantitative estimate of drug-likeness (QED) is 0.781. The molecule has 0 radical (unpaired) electrons. The van der Waals surface area contributed by atoms with E-state index in [9.17, 15) is 4.39 Å². The summed E-state index contributed by atoms with van der Waals surface area (Å²) < 4.78 is 13.7. The van der Waals surface area contributed by atoms with Crippen LogP contribution < -0.4 is 5.32 Å². The van der Waals surface area contributed by atoms with Crippen LogP contribution in [0.4, 0.5) is 10.1 Å². The van der Waals surface area contributed by atoms with E-state index < -0.39 is 0 Å². The van der Waals surface area contributed by atoms with Gasteiger partial charge in [0.2, 0.25) is 0 Å². The highest BCUT2D eigenvalue weighted by Gasteiger charge is 2.10. The molecule has 1 aromatic heterocycles. The number of anilines is 1. The topological polar surface area (TPSA) is 37.8 Å². The lowest BCUT2D eigenvalue weighted by molar-refractivity contribution is 0.600. The molecule has 4 heteroatoms. The smallest absolute Gasteiger partial charge is 0.128 e. The molecule has 0 saturated carbocycles. The number of rotatable bonds is 3. The highest BCUT2D eigenvalue weighted by atomic mass is 19.1. The molecule has 1 atom stereocenters. The van der Waals surface area contributed by atoms with Gasteiger partial charge < -0.3 is 5.32 Å². The van der Waals surface area contributed by atoms with Crippen LogP contribution in [0.25, 0.3) is 11.0 Å². The van der Waals surface area contributed by atoms with Crippen molar-refractivity contribution in [1.29, 1.82) is 0 Å². The minimum atomic E-state index is -0.201. The average molecular weight is 267 g/mol. The zero-order valence-electron chi connectivity index (χ0n) is 11.0. The lowest BCUT2D eigenvalue weighted by Crippen LogP contribution is -2.08. The van der Waals surface area contributed by atoms with Crippen molar-refractivity contribution in [2.24, 2.45) is 0 Å². The molecular formula is C16H14FN3. The van der Waals surface area contributed by atoms with E-state index >= 15 is 0 Å². The van der Waals surface area contributed by atoms with Gasteiger partial charge in [-0.1, -0.05) is 18.2 Å². The Balaban J connectivity index is 1.87. The van der Waals surface area contributed by atoms with E-state index in [0.29, 0.717) is 5.56 Å². The lowest BCUT2D eigenvalue weighted by Gasteiger charge is -2.16. The molecule has 0 spiro atoms. The Morgan fingerprint density at radius 2 is 1.75 bits per heavy atom. The van der Waals surface area contributed by atoms with Crippen LogP contribution >= 0.6 is 0 Å². The van der Waals surface area contributed by atoms with Gasteiger partial charge >= 0.3 is 0 Å². The number of hydrogen-bond donors (Lipinski definition) is 1. The van der Waals surface area contributed by atoms with Gasteiger partial charge in [0.05, 0.1) is 17.1 Å². The maximum absolute atomic E-state index is 13.7. The van der Waals surface area contributed by atoms with Gasteiger partial charge in [-0.3, -0.25) is 9.97 Å². The summed E-state index contributed by atoms with van der Waals surface area (Å²) in [5.41, 5.74) is 3.20. The number of nitrogens with zero attached hydrogens (tertiary/aromatic N) is 2. The summed E-state index contributed by atoms with van der Waals surface area (Å²) >= 11 is 0. The summed E-state index contributed by atoms with van der Waals surface area (Å²) in [6.07, 6.45) is 3.32. The van der Waals surface area contributed by atoms with Crippen LogP contribution in [0.5, 0.6) is 0 Å². The van der Waals surface area contributed by atoms with Gasteiger partial charge in [0.25, 0.3) is 0 Å². The zero-order valence-corrected chi connectivity index (χ0v) is 11.0. The molecule has 3 rings (SSSR count). The summed E-state index contributed by atoms with van der Waals surface area (Å²) in [5.74, 6) is -0.201. The first-order valence-corrected chi connectivity index (χ1v) is 6.46. The van der Waals surface area contributed by atoms with Crippen molar-refractivity contribution in [3.8, 4) is 0 Å².